The number of alkyl halides is 3. The highest BCUT2D eigenvalue weighted by molar-refractivity contribution is 5.99. The summed E-state index contributed by atoms with van der Waals surface area (Å²) in [6, 6.07) is 3.83. The smallest absolute Gasteiger partial charge is 0.384 e. The van der Waals surface area contributed by atoms with Gasteiger partial charge in [0.2, 0.25) is 5.95 Å². The van der Waals surface area contributed by atoms with Gasteiger partial charge in [-0.3, -0.25) is 14.2 Å². The molecule has 32 heavy (non-hydrogen) atoms. The second-order valence-electron chi connectivity index (χ2n) is 8.34. The predicted molar refractivity (Wildman–Crippen MR) is 111 cm³/mol. The van der Waals surface area contributed by atoms with Crippen LogP contribution in [0, 0.1) is 0 Å². The average molecular weight is 452 g/mol. The fraction of sp³-hybridized carbons (Fsp3) is 0.500. The Balaban J connectivity index is 1.70. The van der Waals surface area contributed by atoms with E-state index in [4.69, 9.17) is 10.5 Å². The first-order valence-corrected chi connectivity index (χ1v) is 10.1. The monoisotopic (exact) mass is 452 g/mol. The maximum Gasteiger partial charge on any atom is 0.413 e. The first-order chi connectivity index (χ1) is 15.0. The number of Topliss-reactive ketones (excluding diaryl/α,β-unsaturated/α-hetero) is 1. The summed E-state index contributed by atoms with van der Waals surface area (Å²) in [4.78, 5) is 34.4. The SMILES string of the molecule is C[C@@H]1C[C@H](Nc2cc(=O)n3c(n2)N(CC(=O)c2ccc(N)nc2)[C@](C)(C(F)(F)F)C3)CO1. The Hall–Kier alpha value is -3.15. The number of pyridine rings is 1. The van der Waals surface area contributed by atoms with Gasteiger partial charge in [-0.05, 0) is 32.4 Å². The summed E-state index contributed by atoms with van der Waals surface area (Å²) in [5.74, 6) is -0.500. The number of hydrogen-bond donors (Lipinski definition) is 2. The molecule has 0 radical (unpaired) electrons. The molecule has 4 rings (SSSR count). The van der Waals surface area contributed by atoms with Gasteiger partial charge in [-0.1, -0.05) is 0 Å². The molecule has 2 aliphatic heterocycles. The number of nitrogens with one attached hydrogen (secondary N) is 1. The lowest BCUT2D eigenvalue weighted by atomic mass is 10.00. The van der Waals surface area contributed by atoms with Crippen molar-refractivity contribution < 1.29 is 22.7 Å². The molecule has 2 aliphatic rings. The summed E-state index contributed by atoms with van der Waals surface area (Å²) in [5.41, 5.74) is 2.50. The van der Waals surface area contributed by atoms with E-state index in [0.717, 1.165) is 16.4 Å². The van der Waals surface area contributed by atoms with Gasteiger partial charge in [-0.15, -0.1) is 0 Å². The molecule has 0 aromatic carbocycles. The van der Waals surface area contributed by atoms with Gasteiger partial charge in [0.1, 0.15) is 11.6 Å². The number of aromatic nitrogens is 3. The maximum absolute atomic E-state index is 14.1. The largest absolute Gasteiger partial charge is 0.413 e. The highest BCUT2D eigenvalue weighted by atomic mass is 19.4. The molecule has 2 aromatic heterocycles. The highest BCUT2D eigenvalue weighted by Gasteiger charge is 2.60. The number of nitrogen functional groups attached to an aromatic ring is 1. The third-order valence-electron chi connectivity index (χ3n) is 5.86. The molecule has 9 nitrogen and oxygen atoms in total. The molecule has 3 N–H and O–H groups in total. The molecule has 2 aromatic rings. The summed E-state index contributed by atoms with van der Waals surface area (Å²) >= 11 is 0. The molecule has 12 heteroatoms. The van der Waals surface area contributed by atoms with Crippen LogP contribution in [-0.4, -0.2) is 57.3 Å². The van der Waals surface area contributed by atoms with Crippen molar-refractivity contribution >= 4 is 23.4 Å². The fourth-order valence-corrected chi connectivity index (χ4v) is 3.96. The van der Waals surface area contributed by atoms with Crippen LogP contribution in [0.2, 0.25) is 0 Å². The van der Waals surface area contributed by atoms with Crippen LogP contribution >= 0.6 is 0 Å². The third kappa shape index (κ3) is 3.90. The number of nitrogens with two attached hydrogens (primary N) is 1. The molecular formula is C20H23F3N6O3. The Morgan fingerprint density at radius 3 is 2.75 bits per heavy atom. The number of anilines is 3. The van der Waals surface area contributed by atoms with E-state index in [1.54, 1.807) is 0 Å². The van der Waals surface area contributed by atoms with Gasteiger partial charge in [-0.25, -0.2) is 4.98 Å². The highest BCUT2D eigenvalue weighted by Crippen LogP contribution is 2.43. The second-order valence-corrected chi connectivity index (χ2v) is 8.34. The van der Waals surface area contributed by atoms with Crippen molar-refractivity contribution in [2.45, 2.75) is 50.7 Å². The van der Waals surface area contributed by atoms with E-state index in [9.17, 15) is 22.8 Å². The predicted octanol–water partition coefficient (Wildman–Crippen LogP) is 1.83. The molecule has 1 saturated heterocycles. The Morgan fingerprint density at radius 1 is 1.41 bits per heavy atom. The number of ether oxygens (including phenoxy) is 1. The molecule has 3 atom stereocenters. The lowest BCUT2D eigenvalue weighted by Gasteiger charge is -2.36. The fourth-order valence-electron chi connectivity index (χ4n) is 3.96. The summed E-state index contributed by atoms with van der Waals surface area (Å²) in [6.07, 6.45) is -2.82. The van der Waals surface area contributed by atoms with Crippen molar-refractivity contribution in [3.05, 3.63) is 40.3 Å². The van der Waals surface area contributed by atoms with Crippen LogP contribution < -0.4 is 21.5 Å². The van der Waals surface area contributed by atoms with Gasteiger partial charge in [0.25, 0.3) is 5.56 Å². The van der Waals surface area contributed by atoms with Crippen LogP contribution in [-0.2, 0) is 11.3 Å². The van der Waals surface area contributed by atoms with Crippen LogP contribution in [0.3, 0.4) is 0 Å². The summed E-state index contributed by atoms with van der Waals surface area (Å²) < 4.78 is 48.8. The first-order valence-electron chi connectivity index (χ1n) is 10.1. The van der Waals surface area contributed by atoms with Gasteiger partial charge in [0.05, 0.1) is 31.8 Å². The number of carbonyl (C=O) groups is 1. The van der Waals surface area contributed by atoms with E-state index >= 15 is 0 Å². The quantitative estimate of drug-likeness (QED) is 0.661. The van der Waals surface area contributed by atoms with Crippen LogP contribution in [0.4, 0.5) is 30.8 Å². The summed E-state index contributed by atoms with van der Waals surface area (Å²) in [7, 11) is 0. The number of rotatable bonds is 5. The molecular weight excluding hydrogens is 429 g/mol. The van der Waals surface area contributed by atoms with Crippen molar-refractivity contribution in [1.82, 2.24) is 14.5 Å². The van der Waals surface area contributed by atoms with Gasteiger partial charge in [0.15, 0.2) is 11.3 Å². The first kappa shape index (κ1) is 22.1. The van der Waals surface area contributed by atoms with Gasteiger partial charge in [0, 0.05) is 17.8 Å². The maximum atomic E-state index is 14.1. The summed E-state index contributed by atoms with van der Waals surface area (Å²) in [6.45, 7) is 1.94. The molecule has 0 bridgehead atoms. The van der Waals surface area contributed by atoms with Crippen LogP contribution in [0.5, 0.6) is 0 Å². The lowest BCUT2D eigenvalue weighted by molar-refractivity contribution is -0.181. The van der Waals surface area contributed by atoms with Crippen molar-refractivity contribution in [2.75, 3.05) is 29.1 Å². The van der Waals surface area contributed by atoms with Gasteiger partial charge in [-0.2, -0.15) is 18.2 Å². The van der Waals surface area contributed by atoms with E-state index in [-0.39, 0.29) is 35.3 Å². The standard InChI is InChI=1S/C20H23F3N6O3/c1-11-5-13(9-32-11)26-16-6-17(31)28-10-19(2,20(21,22)23)29(18(28)27-16)8-14(30)12-3-4-15(24)25-7-12/h3-4,6-7,11,13,26H,5,8-10H2,1-2H3,(H2,24,25)/t11-,13+,19+/m1/s1. The van der Waals surface area contributed by atoms with E-state index in [0.29, 0.717) is 13.0 Å². The Labute approximate surface area is 181 Å². The molecule has 172 valence electrons. The molecule has 0 unspecified atom stereocenters. The number of halogens is 3. The number of nitrogens with zero attached hydrogens (tertiary/aromatic N) is 4. The zero-order valence-electron chi connectivity index (χ0n) is 17.5. The molecule has 1 fully saturated rings. The summed E-state index contributed by atoms with van der Waals surface area (Å²) in [5, 5.41) is 3.05. The number of ketones is 1. The Morgan fingerprint density at radius 2 is 2.16 bits per heavy atom. The lowest BCUT2D eigenvalue weighted by Crippen LogP contribution is -2.57. The number of fused-ring (bicyclic) bond motifs is 1. The Kier molecular flexibility index (Phi) is 5.35. The minimum atomic E-state index is -4.73. The van der Waals surface area contributed by atoms with Gasteiger partial charge >= 0.3 is 6.18 Å². The van der Waals surface area contributed by atoms with Crippen LogP contribution in [0.15, 0.2) is 29.2 Å². The van der Waals surface area contributed by atoms with Crippen molar-refractivity contribution in [1.29, 1.82) is 0 Å². The molecule has 0 spiro atoms. The van der Waals surface area contributed by atoms with Crippen molar-refractivity contribution in [3.63, 3.8) is 0 Å². The van der Waals surface area contributed by atoms with E-state index in [1.165, 1.54) is 24.4 Å². The van der Waals surface area contributed by atoms with Crippen LogP contribution in [0.1, 0.15) is 30.6 Å². The van der Waals surface area contributed by atoms with Crippen molar-refractivity contribution in [2.24, 2.45) is 0 Å². The normalized spacial score (nSPS) is 25.1. The second kappa shape index (κ2) is 7.76. The average Bonchev–Trinajstić information content (AvgIpc) is 3.24. The minimum absolute atomic E-state index is 0.0270. The Bertz CT molecular complexity index is 1090. The van der Waals surface area contributed by atoms with Crippen LogP contribution in [0.25, 0.3) is 0 Å². The minimum Gasteiger partial charge on any atom is -0.384 e. The third-order valence-corrected chi connectivity index (χ3v) is 5.86. The zero-order chi connectivity index (χ0) is 23.3. The van der Waals surface area contributed by atoms with E-state index in [2.05, 4.69) is 15.3 Å². The zero-order valence-corrected chi connectivity index (χ0v) is 17.5. The number of hydrogen-bond acceptors (Lipinski definition) is 8. The number of carbonyl (C=O) groups excluding carboxylic acids is 1. The van der Waals surface area contributed by atoms with Gasteiger partial charge < -0.3 is 20.7 Å². The molecule has 0 amide bonds. The van der Waals surface area contributed by atoms with Crippen molar-refractivity contribution in [3.8, 4) is 0 Å². The van der Waals surface area contributed by atoms with E-state index < -0.39 is 36.1 Å². The molecule has 0 aliphatic carbocycles. The topological polar surface area (TPSA) is 115 Å². The van der Waals surface area contributed by atoms with E-state index in [1.807, 2.05) is 6.92 Å². The molecule has 0 saturated carbocycles. The molecule has 4 heterocycles.